The molecule has 0 aliphatic heterocycles. The number of allylic oxidation sites excluding steroid dienone is 3. The Hall–Kier alpha value is -1.87. The van der Waals surface area contributed by atoms with Crippen molar-refractivity contribution in [1.29, 1.82) is 0 Å². The van der Waals surface area contributed by atoms with Crippen LogP contribution in [0.4, 0.5) is 0 Å². The molecule has 2 atom stereocenters. The second-order valence-corrected chi connectivity index (χ2v) is 4.77. The first kappa shape index (κ1) is 11.2. The van der Waals surface area contributed by atoms with Gasteiger partial charge in [-0.3, -0.25) is 0 Å². The summed E-state index contributed by atoms with van der Waals surface area (Å²) in [6.45, 7) is 0.0340. The van der Waals surface area contributed by atoms with E-state index in [1.54, 1.807) is 12.1 Å². The lowest BCUT2D eigenvalue weighted by molar-refractivity contribution is 0.0696. The summed E-state index contributed by atoms with van der Waals surface area (Å²) in [5, 5.41) is 18.6. The second kappa shape index (κ2) is 4.10. The average Bonchev–Trinajstić information content (AvgIpc) is 2.71. The summed E-state index contributed by atoms with van der Waals surface area (Å²) in [6, 6.07) is 5.25. The predicted octanol–water partition coefficient (Wildman–Crippen LogP) is 2.44. The predicted molar refractivity (Wildman–Crippen MR) is 67.8 cm³/mol. The van der Waals surface area contributed by atoms with Gasteiger partial charge < -0.3 is 10.2 Å². The van der Waals surface area contributed by atoms with Crippen LogP contribution in [0, 0.1) is 0 Å². The number of benzene rings is 1. The van der Waals surface area contributed by atoms with Crippen LogP contribution in [0.15, 0.2) is 42.0 Å². The van der Waals surface area contributed by atoms with Crippen LogP contribution in [0.3, 0.4) is 0 Å². The van der Waals surface area contributed by atoms with Gasteiger partial charge in [-0.1, -0.05) is 29.9 Å². The molecule has 2 unspecified atom stereocenters. The third-order valence-electron chi connectivity index (χ3n) is 3.87. The van der Waals surface area contributed by atoms with Crippen molar-refractivity contribution < 1.29 is 15.0 Å². The van der Waals surface area contributed by atoms with Crippen molar-refractivity contribution in [2.75, 3.05) is 6.61 Å². The van der Waals surface area contributed by atoms with Gasteiger partial charge in [-0.2, -0.15) is 0 Å². The van der Waals surface area contributed by atoms with Gasteiger partial charge in [0.1, 0.15) is 0 Å². The number of carboxylic acids is 1. The minimum Gasteiger partial charge on any atom is -0.478 e. The Morgan fingerprint density at radius 3 is 2.89 bits per heavy atom. The van der Waals surface area contributed by atoms with Crippen LogP contribution in [0.2, 0.25) is 0 Å². The summed E-state index contributed by atoms with van der Waals surface area (Å²) in [5.74, 6) is -0.657. The van der Waals surface area contributed by atoms with Crippen LogP contribution >= 0.6 is 0 Å². The van der Waals surface area contributed by atoms with Crippen LogP contribution in [0.1, 0.15) is 39.7 Å². The van der Waals surface area contributed by atoms with Gasteiger partial charge in [0.25, 0.3) is 0 Å². The molecule has 0 radical (unpaired) electrons. The Balaban J connectivity index is 2.14. The highest BCUT2D eigenvalue weighted by Gasteiger charge is 2.35. The molecule has 18 heavy (non-hydrogen) atoms. The van der Waals surface area contributed by atoms with E-state index in [4.69, 9.17) is 5.11 Å². The van der Waals surface area contributed by atoms with E-state index in [1.165, 1.54) is 5.57 Å². The molecule has 3 nitrogen and oxygen atoms in total. The van der Waals surface area contributed by atoms with E-state index in [9.17, 15) is 9.90 Å². The number of carbonyl (C=O) groups is 1. The van der Waals surface area contributed by atoms with Gasteiger partial charge in [0.15, 0.2) is 0 Å². The van der Waals surface area contributed by atoms with E-state index in [2.05, 4.69) is 12.2 Å². The highest BCUT2D eigenvalue weighted by molar-refractivity contribution is 5.88. The number of aliphatic hydroxyl groups is 1. The molecule has 0 fully saturated rings. The summed E-state index contributed by atoms with van der Waals surface area (Å²) >= 11 is 0. The standard InChI is InChI=1S/C15H14O3/c16-8-14-11-4-2-1-3-10(11)12-6-5-9(15(17)18)7-13(12)14/h1-2,4-7,10,14,16H,3,8H2,(H,17,18). The van der Waals surface area contributed by atoms with E-state index in [1.807, 2.05) is 12.1 Å². The number of rotatable bonds is 2. The Kier molecular flexibility index (Phi) is 2.56. The lowest BCUT2D eigenvalue weighted by Gasteiger charge is -2.17. The summed E-state index contributed by atoms with van der Waals surface area (Å²) in [5.41, 5.74) is 3.63. The first-order valence-electron chi connectivity index (χ1n) is 6.07. The maximum absolute atomic E-state index is 11.0. The largest absolute Gasteiger partial charge is 0.478 e. The smallest absolute Gasteiger partial charge is 0.335 e. The summed E-state index contributed by atoms with van der Waals surface area (Å²) in [4.78, 5) is 11.0. The molecule has 0 amide bonds. The summed E-state index contributed by atoms with van der Waals surface area (Å²) < 4.78 is 0. The third kappa shape index (κ3) is 1.51. The average molecular weight is 242 g/mol. The van der Waals surface area contributed by atoms with Gasteiger partial charge in [-0.15, -0.1) is 0 Å². The fourth-order valence-corrected chi connectivity index (χ4v) is 3.02. The van der Waals surface area contributed by atoms with Crippen molar-refractivity contribution in [2.24, 2.45) is 0 Å². The zero-order valence-corrected chi connectivity index (χ0v) is 9.84. The number of aromatic carboxylic acids is 1. The molecule has 0 aromatic heterocycles. The summed E-state index contributed by atoms with van der Waals surface area (Å²) in [6.07, 6.45) is 7.11. The fourth-order valence-electron chi connectivity index (χ4n) is 3.02. The molecule has 3 heteroatoms. The Morgan fingerprint density at radius 2 is 2.17 bits per heavy atom. The number of aliphatic hydroxyl groups excluding tert-OH is 1. The molecular formula is C15H14O3. The molecule has 92 valence electrons. The Bertz CT molecular complexity index is 569. The third-order valence-corrected chi connectivity index (χ3v) is 3.87. The zero-order chi connectivity index (χ0) is 12.7. The molecule has 0 heterocycles. The van der Waals surface area contributed by atoms with Crippen LogP contribution in [-0.2, 0) is 0 Å². The van der Waals surface area contributed by atoms with E-state index in [-0.39, 0.29) is 12.5 Å². The van der Waals surface area contributed by atoms with Gasteiger partial charge in [-0.25, -0.2) is 4.79 Å². The van der Waals surface area contributed by atoms with E-state index in [0.717, 1.165) is 17.5 Å². The quantitative estimate of drug-likeness (QED) is 0.837. The normalized spacial score (nSPS) is 24.4. The monoisotopic (exact) mass is 242 g/mol. The molecule has 0 saturated heterocycles. The van der Waals surface area contributed by atoms with E-state index < -0.39 is 5.97 Å². The Labute approximate surface area is 105 Å². The number of hydrogen-bond acceptors (Lipinski definition) is 2. The Morgan fingerprint density at radius 1 is 1.33 bits per heavy atom. The molecule has 0 spiro atoms. The molecular weight excluding hydrogens is 228 g/mol. The van der Waals surface area contributed by atoms with Crippen molar-refractivity contribution in [3.8, 4) is 0 Å². The number of hydrogen-bond donors (Lipinski definition) is 2. The molecule has 0 bridgehead atoms. The van der Waals surface area contributed by atoms with Crippen LogP contribution in [0.5, 0.6) is 0 Å². The number of carboxylic acid groups (broad SMARTS) is 1. The highest BCUT2D eigenvalue weighted by Crippen LogP contribution is 2.49. The molecule has 1 aromatic carbocycles. The second-order valence-electron chi connectivity index (χ2n) is 4.77. The molecule has 1 aromatic rings. The van der Waals surface area contributed by atoms with E-state index in [0.29, 0.717) is 11.5 Å². The first-order chi connectivity index (χ1) is 8.72. The molecule has 2 aliphatic carbocycles. The van der Waals surface area contributed by atoms with Crippen molar-refractivity contribution in [1.82, 2.24) is 0 Å². The minimum atomic E-state index is -0.920. The lowest BCUT2D eigenvalue weighted by atomic mass is 9.88. The van der Waals surface area contributed by atoms with Gasteiger partial charge in [0, 0.05) is 11.8 Å². The highest BCUT2D eigenvalue weighted by atomic mass is 16.4. The summed E-state index contributed by atoms with van der Waals surface area (Å²) in [7, 11) is 0. The minimum absolute atomic E-state index is 0.0340. The maximum atomic E-state index is 11.0. The van der Waals surface area contributed by atoms with Crippen molar-refractivity contribution >= 4 is 5.97 Å². The van der Waals surface area contributed by atoms with Gasteiger partial charge in [-0.05, 0) is 29.7 Å². The first-order valence-corrected chi connectivity index (χ1v) is 6.07. The molecule has 3 rings (SSSR count). The van der Waals surface area contributed by atoms with Crippen molar-refractivity contribution in [3.05, 3.63) is 58.7 Å². The maximum Gasteiger partial charge on any atom is 0.335 e. The van der Waals surface area contributed by atoms with Crippen LogP contribution in [-0.4, -0.2) is 22.8 Å². The van der Waals surface area contributed by atoms with E-state index >= 15 is 0 Å². The number of fused-ring (bicyclic) bond motifs is 3. The van der Waals surface area contributed by atoms with Crippen LogP contribution in [0.25, 0.3) is 0 Å². The lowest BCUT2D eigenvalue weighted by Crippen LogP contribution is -2.05. The zero-order valence-electron chi connectivity index (χ0n) is 9.84. The SMILES string of the molecule is O=C(O)c1ccc2c(c1)C(CO)C1=CC=CCC12. The van der Waals surface area contributed by atoms with Gasteiger partial charge in [0.2, 0.25) is 0 Å². The van der Waals surface area contributed by atoms with Gasteiger partial charge in [0.05, 0.1) is 12.2 Å². The fraction of sp³-hybridized carbons (Fsp3) is 0.267. The molecule has 2 aliphatic rings. The molecule has 0 saturated carbocycles. The van der Waals surface area contributed by atoms with Crippen LogP contribution < -0.4 is 0 Å². The topological polar surface area (TPSA) is 57.5 Å². The molecule has 2 N–H and O–H groups in total. The van der Waals surface area contributed by atoms with Crippen molar-refractivity contribution in [2.45, 2.75) is 18.3 Å². The van der Waals surface area contributed by atoms with Crippen molar-refractivity contribution in [3.63, 3.8) is 0 Å². The van der Waals surface area contributed by atoms with Gasteiger partial charge >= 0.3 is 5.97 Å².